The van der Waals surface area contributed by atoms with Crippen molar-refractivity contribution in [2.24, 2.45) is 0 Å². The maximum atomic E-state index is 14.6. The summed E-state index contributed by atoms with van der Waals surface area (Å²) in [4.78, 5) is 27.8. The third-order valence-corrected chi connectivity index (χ3v) is 7.63. The largest absolute Gasteiger partial charge is 0.497 e. The molecule has 0 saturated carbocycles. The van der Waals surface area contributed by atoms with Crippen LogP contribution >= 0.6 is 0 Å². The highest BCUT2D eigenvalue weighted by atomic mass is 32.2. The first kappa shape index (κ1) is 29.1. The lowest BCUT2D eigenvalue weighted by Gasteiger charge is -2.33. The van der Waals surface area contributed by atoms with Crippen molar-refractivity contribution >= 4 is 27.7 Å². The Kier molecular flexibility index (Phi) is 10.2. The molecule has 0 aliphatic heterocycles. The average Bonchev–Trinajstić information content (AvgIpc) is 2.85. The molecule has 2 aromatic rings. The van der Waals surface area contributed by atoms with Crippen molar-refractivity contribution in [3.8, 4) is 5.75 Å². The molecular formula is C25H35FN4O5S. The van der Waals surface area contributed by atoms with Gasteiger partial charge in [0.2, 0.25) is 11.8 Å². The van der Waals surface area contributed by atoms with Crippen molar-refractivity contribution in [1.82, 2.24) is 14.5 Å². The van der Waals surface area contributed by atoms with Gasteiger partial charge in [0.15, 0.2) is 0 Å². The number of rotatable bonds is 12. The molecule has 0 heterocycles. The topological polar surface area (TPSA) is 99.3 Å². The molecule has 9 nitrogen and oxygen atoms in total. The number of benzene rings is 2. The normalized spacial score (nSPS) is 13.1. The van der Waals surface area contributed by atoms with E-state index >= 15 is 0 Å². The number of hydrogen-bond donors (Lipinski definition) is 1. The fraction of sp³-hybridized carbons (Fsp3) is 0.440. The number of hydrogen-bond acceptors (Lipinski definition) is 5. The van der Waals surface area contributed by atoms with Crippen molar-refractivity contribution in [1.29, 1.82) is 0 Å². The van der Waals surface area contributed by atoms with E-state index in [0.717, 1.165) is 10.4 Å². The molecule has 0 aliphatic rings. The average molecular weight is 523 g/mol. The Morgan fingerprint density at radius 3 is 2.19 bits per heavy atom. The van der Waals surface area contributed by atoms with Crippen LogP contribution in [0.4, 0.5) is 10.1 Å². The highest BCUT2D eigenvalue weighted by molar-refractivity contribution is 7.90. The smallest absolute Gasteiger partial charge is 0.304 e. The SMILES string of the molecule is CC[C@@H](C)NC(=O)[C@H](C)N(Cc1ccc(OC)cc1)C(=O)CN(c1ccccc1F)S(=O)(=O)N(C)C. The Labute approximate surface area is 213 Å². The van der Waals surface area contributed by atoms with Crippen LogP contribution in [0.2, 0.25) is 0 Å². The minimum atomic E-state index is -4.23. The Balaban J connectivity index is 2.46. The van der Waals surface area contributed by atoms with E-state index < -0.39 is 34.5 Å². The van der Waals surface area contributed by atoms with Crippen LogP contribution in [0.25, 0.3) is 0 Å². The number of methoxy groups -OCH3 is 1. The van der Waals surface area contributed by atoms with Gasteiger partial charge < -0.3 is 15.0 Å². The van der Waals surface area contributed by atoms with E-state index in [2.05, 4.69) is 5.32 Å². The van der Waals surface area contributed by atoms with E-state index in [1.807, 2.05) is 13.8 Å². The number of nitrogens with zero attached hydrogens (tertiary/aromatic N) is 3. The molecule has 1 N–H and O–H groups in total. The van der Waals surface area contributed by atoms with Gasteiger partial charge in [0.05, 0.1) is 12.8 Å². The molecule has 0 aliphatic carbocycles. The third-order valence-electron chi connectivity index (χ3n) is 5.82. The van der Waals surface area contributed by atoms with Crippen LogP contribution in [0.1, 0.15) is 32.8 Å². The molecule has 0 radical (unpaired) electrons. The van der Waals surface area contributed by atoms with Gasteiger partial charge in [-0.25, -0.2) is 8.70 Å². The molecule has 36 heavy (non-hydrogen) atoms. The first-order valence-electron chi connectivity index (χ1n) is 11.6. The summed E-state index contributed by atoms with van der Waals surface area (Å²) >= 11 is 0. The van der Waals surface area contributed by atoms with Crippen LogP contribution in [0.15, 0.2) is 48.5 Å². The van der Waals surface area contributed by atoms with Gasteiger partial charge in [-0.15, -0.1) is 0 Å². The van der Waals surface area contributed by atoms with Gasteiger partial charge in [0.1, 0.15) is 24.2 Å². The van der Waals surface area contributed by atoms with Crippen molar-refractivity contribution in [2.45, 2.75) is 45.8 Å². The summed E-state index contributed by atoms with van der Waals surface area (Å²) < 4.78 is 47.6. The minimum Gasteiger partial charge on any atom is -0.497 e. The zero-order valence-corrected chi connectivity index (χ0v) is 22.4. The predicted octanol–water partition coefficient (Wildman–Crippen LogP) is 2.78. The van der Waals surface area contributed by atoms with E-state index in [0.29, 0.717) is 22.0 Å². The number of carbonyl (C=O) groups excluding carboxylic acids is 2. The number of nitrogens with one attached hydrogen (secondary N) is 1. The van der Waals surface area contributed by atoms with Gasteiger partial charge in [-0.1, -0.05) is 31.2 Å². The quantitative estimate of drug-likeness (QED) is 0.462. The summed E-state index contributed by atoms with van der Waals surface area (Å²) in [6.07, 6.45) is 0.701. The number of carbonyl (C=O) groups is 2. The monoisotopic (exact) mass is 522 g/mol. The molecule has 0 saturated heterocycles. The summed E-state index contributed by atoms with van der Waals surface area (Å²) in [7, 11) is -0.102. The van der Waals surface area contributed by atoms with Gasteiger partial charge in [0.25, 0.3) is 0 Å². The standard InChI is InChI=1S/C25H35FN4O5S/c1-7-18(2)27-25(32)19(3)29(16-20-12-14-21(35-6)15-13-20)24(31)17-30(36(33,34)28(4)5)23-11-9-8-10-22(23)26/h8-15,18-19H,7,16-17H2,1-6H3,(H,27,32)/t18-,19+/m1/s1. The van der Waals surface area contributed by atoms with Crippen molar-refractivity contribution in [2.75, 3.05) is 32.1 Å². The third kappa shape index (κ3) is 7.17. The second kappa shape index (κ2) is 12.7. The number of para-hydroxylation sites is 1. The lowest BCUT2D eigenvalue weighted by molar-refractivity contribution is -0.139. The van der Waals surface area contributed by atoms with Crippen LogP contribution in [0, 0.1) is 5.82 Å². The molecule has 2 aromatic carbocycles. The van der Waals surface area contributed by atoms with Crippen LogP contribution in [0.3, 0.4) is 0 Å². The van der Waals surface area contributed by atoms with Crippen LogP contribution in [-0.4, -0.2) is 69.3 Å². The molecule has 2 atom stereocenters. The lowest BCUT2D eigenvalue weighted by atomic mass is 10.1. The second-order valence-electron chi connectivity index (χ2n) is 8.61. The Bertz CT molecular complexity index is 1140. The zero-order valence-electron chi connectivity index (χ0n) is 21.6. The summed E-state index contributed by atoms with van der Waals surface area (Å²) in [5.41, 5.74) is 0.445. The molecule has 0 aromatic heterocycles. The molecule has 0 unspecified atom stereocenters. The van der Waals surface area contributed by atoms with Crippen molar-refractivity contribution in [3.63, 3.8) is 0 Å². The molecule has 11 heteroatoms. The summed E-state index contributed by atoms with van der Waals surface area (Å²) in [5.74, 6) is -1.20. The summed E-state index contributed by atoms with van der Waals surface area (Å²) in [5, 5.41) is 2.86. The molecule has 198 valence electrons. The fourth-order valence-corrected chi connectivity index (χ4v) is 4.40. The summed E-state index contributed by atoms with van der Waals surface area (Å²) in [6.45, 7) is 4.69. The van der Waals surface area contributed by atoms with Crippen LogP contribution in [-0.2, 0) is 26.3 Å². The summed E-state index contributed by atoms with van der Waals surface area (Å²) in [6, 6.07) is 11.3. The number of halogens is 1. The van der Waals surface area contributed by atoms with E-state index in [1.54, 1.807) is 31.2 Å². The first-order chi connectivity index (χ1) is 16.9. The molecule has 2 amide bonds. The van der Waals surface area contributed by atoms with Gasteiger partial charge in [0, 0.05) is 26.7 Å². The number of amides is 2. The maximum absolute atomic E-state index is 14.6. The lowest BCUT2D eigenvalue weighted by Crippen LogP contribution is -2.53. The Hall–Kier alpha value is -3.18. The zero-order chi connectivity index (χ0) is 27.0. The second-order valence-corrected chi connectivity index (χ2v) is 10.7. The molecular weight excluding hydrogens is 487 g/mol. The van der Waals surface area contributed by atoms with Crippen LogP contribution < -0.4 is 14.4 Å². The molecule has 0 bridgehead atoms. The van der Waals surface area contributed by atoms with E-state index in [9.17, 15) is 22.4 Å². The highest BCUT2D eigenvalue weighted by Gasteiger charge is 2.33. The van der Waals surface area contributed by atoms with Gasteiger partial charge in [-0.05, 0) is 50.1 Å². The fourth-order valence-electron chi connectivity index (χ4n) is 3.33. The van der Waals surface area contributed by atoms with Gasteiger partial charge >= 0.3 is 10.2 Å². The predicted molar refractivity (Wildman–Crippen MR) is 137 cm³/mol. The Morgan fingerprint density at radius 1 is 1.06 bits per heavy atom. The first-order valence-corrected chi connectivity index (χ1v) is 13.0. The molecule has 0 fully saturated rings. The van der Waals surface area contributed by atoms with Crippen molar-refractivity contribution in [3.05, 3.63) is 59.9 Å². The molecule has 0 spiro atoms. The maximum Gasteiger partial charge on any atom is 0.304 e. The highest BCUT2D eigenvalue weighted by Crippen LogP contribution is 2.24. The van der Waals surface area contributed by atoms with E-state index in [-0.39, 0.29) is 24.2 Å². The van der Waals surface area contributed by atoms with Crippen LogP contribution in [0.5, 0.6) is 5.75 Å². The Morgan fingerprint density at radius 2 is 1.67 bits per heavy atom. The minimum absolute atomic E-state index is 0.0328. The van der Waals surface area contributed by atoms with E-state index in [4.69, 9.17) is 4.74 Å². The van der Waals surface area contributed by atoms with Gasteiger partial charge in [-0.2, -0.15) is 12.7 Å². The van der Waals surface area contributed by atoms with Crippen molar-refractivity contribution < 1.29 is 27.1 Å². The molecule has 2 rings (SSSR count). The van der Waals surface area contributed by atoms with Gasteiger partial charge in [-0.3, -0.25) is 9.59 Å². The van der Waals surface area contributed by atoms with E-state index in [1.165, 1.54) is 44.3 Å². The number of anilines is 1. The number of ether oxygens (including phenoxy) is 1.